The van der Waals surface area contributed by atoms with Crippen molar-refractivity contribution in [3.63, 3.8) is 0 Å². The molecule has 0 bridgehead atoms. The number of carbonyl (C=O) groups is 1. The minimum Gasteiger partial charge on any atom is -0.355 e. The van der Waals surface area contributed by atoms with E-state index in [1.807, 2.05) is 36.6 Å². The van der Waals surface area contributed by atoms with Gasteiger partial charge in [-0.3, -0.25) is 4.79 Å². The topological polar surface area (TPSA) is 59.8 Å². The number of carbonyl (C=O) groups excluding carboxylic acids is 1. The van der Waals surface area contributed by atoms with Crippen LogP contribution in [0.5, 0.6) is 0 Å². The standard InChI is InChI=1S/C21H23FN4OS/c1-3-23-20(27)15(2)28-21-25-24-19(17-11-7-8-12-18(17)22)26(21)14-13-16-9-5-4-6-10-16/h4-12,15H,3,13-14H2,1-2H3,(H,23,27)/t15-/m0/s1. The predicted octanol–water partition coefficient (Wildman–Crippen LogP) is 3.94. The van der Waals surface area contributed by atoms with E-state index in [4.69, 9.17) is 0 Å². The summed E-state index contributed by atoms with van der Waals surface area (Å²) < 4.78 is 16.3. The summed E-state index contributed by atoms with van der Waals surface area (Å²) in [5.41, 5.74) is 1.57. The second kappa shape index (κ2) is 9.50. The SMILES string of the molecule is CCNC(=O)[C@H](C)Sc1nnc(-c2ccccc2F)n1CCc1ccccc1. The maximum atomic E-state index is 14.4. The summed E-state index contributed by atoms with van der Waals surface area (Å²) in [4.78, 5) is 12.1. The lowest BCUT2D eigenvalue weighted by molar-refractivity contribution is -0.120. The average molecular weight is 399 g/mol. The number of nitrogens with zero attached hydrogens (tertiary/aromatic N) is 3. The monoisotopic (exact) mass is 398 g/mol. The zero-order valence-corrected chi connectivity index (χ0v) is 16.7. The van der Waals surface area contributed by atoms with Crippen LogP contribution in [0.15, 0.2) is 59.8 Å². The Labute approximate surface area is 168 Å². The zero-order chi connectivity index (χ0) is 19.9. The molecule has 7 heteroatoms. The maximum Gasteiger partial charge on any atom is 0.233 e. The van der Waals surface area contributed by atoms with Crippen molar-refractivity contribution in [3.05, 3.63) is 66.0 Å². The van der Waals surface area contributed by atoms with Crippen LogP contribution in [0.3, 0.4) is 0 Å². The molecule has 3 aromatic rings. The number of aromatic nitrogens is 3. The molecule has 28 heavy (non-hydrogen) atoms. The van der Waals surface area contributed by atoms with Crippen LogP contribution in [-0.4, -0.2) is 32.5 Å². The Kier molecular flexibility index (Phi) is 6.81. The van der Waals surface area contributed by atoms with E-state index in [9.17, 15) is 9.18 Å². The van der Waals surface area contributed by atoms with Crippen LogP contribution in [-0.2, 0) is 17.8 Å². The van der Waals surface area contributed by atoms with Crippen molar-refractivity contribution >= 4 is 17.7 Å². The third-order valence-electron chi connectivity index (χ3n) is 4.30. The summed E-state index contributed by atoms with van der Waals surface area (Å²) in [6.45, 7) is 4.87. The van der Waals surface area contributed by atoms with E-state index in [-0.39, 0.29) is 17.0 Å². The van der Waals surface area contributed by atoms with E-state index >= 15 is 0 Å². The number of hydrogen-bond donors (Lipinski definition) is 1. The molecule has 1 amide bonds. The van der Waals surface area contributed by atoms with E-state index < -0.39 is 0 Å². The van der Waals surface area contributed by atoms with Crippen molar-refractivity contribution in [2.75, 3.05) is 6.54 Å². The first-order chi connectivity index (χ1) is 13.6. The molecule has 0 aliphatic carbocycles. The largest absolute Gasteiger partial charge is 0.355 e. The number of rotatable bonds is 8. The molecule has 146 valence electrons. The van der Waals surface area contributed by atoms with E-state index in [1.54, 1.807) is 18.2 Å². The number of halogens is 1. The lowest BCUT2D eigenvalue weighted by Crippen LogP contribution is -2.30. The summed E-state index contributed by atoms with van der Waals surface area (Å²) >= 11 is 1.33. The summed E-state index contributed by atoms with van der Waals surface area (Å²) in [6.07, 6.45) is 0.753. The van der Waals surface area contributed by atoms with Gasteiger partial charge in [0, 0.05) is 13.1 Å². The highest BCUT2D eigenvalue weighted by atomic mass is 32.2. The van der Waals surface area contributed by atoms with Gasteiger partial charge in [0.2, 0.25) is 5.91 Å². The summed E-state index contributed by atoms with van der Waals surface area (Å²) in [5, 5.41) is 11.6. The van der Waals surface area contributed by atoms with Gasteiger partial charge in [-0.15, -0.1) is 10.2 Å². The van der Waals surface area contributed by atoms with Gasteiger partial charge < -0.3 is 9.88 Å². The van der Waals surface area contributed by atoms with Crippen molar-refractivity contribution in [1.29, 1.82) is 0 Å². The maximum absolute atomic E-state index is 14.4. The number of amides is 1. The molecule has 0 fully saturated rings. The van der Waals surface area contributed by atoms with Crippen LogP contribution < -0.4 is 5.32 Å². The molecule has 0 saturated heterocycles. The van der Waals surface area contributed by atoms with Crippen molar-refractivity contribution in [2.45, 2.75) is 37.2 Å². The highest BCUT2D eigenvalue weighted by molar-refractivity contribution is 8.00. The molecule has 0 aliphatic rings. The fraction of sp³-hybridized carbons (Fsp3) is 0.286. The first-order valence-corrected chi connectivity index (χ1v) is 10.1. The van der Waals surface area contributed by atoms with Crippen LogP contribution in [0.25, 0.3) is 11.4 Å². The van der Waals surface area contributed by atoms with Crippen LogP contribution in [0, 0.1) is 5.82 Å². The Bertz CT molecular complexity index is 929. The van der Waals surface area contributed by atoms with Gasteiger partial charge in [-0.25, -0.2) is 4.39 Å². The predicted molar refractivity (Wildman–Crippen MR) is 110 cm³/mol. The van der Waals surface area contributed by atoms with E-state index in [0.29, 0.717) is 29.6 Å². The molecule has 0 radical (unpaired) electrons. The molecule has 1 N–H and O–H groups in total. The molecule has 0 unspecified atom stereocenters. The Hall–Kier alpha value is -2.67. The minimum absolute atomic E-state index is 0.0578. The molecule has 5 nitrogen and oxygen atoms in total. The van der Waals surface area contributed by atoms with E-state index in [0.717, 1.165) is 6.42 Å². The molecule has 3 rings (SSSR count). The Balaban J connectivity index is 1.91. The van der Waals surface area contributed by atoms with Crippen LogP contribution >= 0.6 is 11.8 Å². The minimum atomic E-state index is -0.343. The zero-order valence-electron chi connectivity index (χ0n) is 15.9. The van der Waals surface area contributed by atoms with Gasteiger partial charge in [0.15, 0.2) is 11.0 Å². The fourth-order valence-electron chi connectivity index (χ4n) is 2.83. The van der Waals surface area contributed by atoms with Crippen molar-refractivity contribution in [1.82, 2.24) is 20.1 Å². The quantitative estimate of drug-likeness (QED) is 0.584. The molecule has 2 aromatic carbocycles. The van der Waals surface area contributed by atoms with Gasteiger partial charge in [-0.2, -0.15) is 0 Å². The van der Waals surface area contributed by atoms with Crippen LogP contribution in [0.1, 0.15) is 19.4 Å². The molecular formula is C21H23FN4OS. The van der Waals surface area contributed by atoms with Crippen molar-refractivity contribution in [2.24, 2.45) is 0 Å². The Morgan fingerprint density at radius 3 is 2.57 bits per heavy atom. The normalized spacial score (nSPS) is 12.0. The third kappa shape index (κ3) is 4.78. The van der Waals surface area contributed by atoms with E-state index in [1.165, 1.54) is 23.4 Å². The number of thioether (sulfide) groups is 1. The molecule has 1 atom stereocenters. The molecule has 0 spiro atoms. The molecule has 1 aromatic heterocycles. The van der Waals surface area contributed by atoms with Gasteiger partial charge >= 0.3 is 0 Å². The number of hydrogen-bond acceptors (Lipinski definition) is 4. The lowest BCUT2D eigenvalue weighted by atomic mass is 10.1. The smallest absolute Gasteiger partial charge is 0.233 e. The second-order valence-corrected chi connectivity index (χ2v) is 7.64. The van der Waals surface area contributed by atoms with Crippen LogP contribution in [0.2, 0.25) is 0 Å². The molecule has 1 heterocycles. The highest BCUT2D eigenvalue weighted by Crippen LogP contribution is 2.28. The van der Waals surface area contributed by atoms with Gasteiger partial charge in [0.05, 0.1) is 10.8 Å². The average Bonchev–Trinajstić information content (AvgIpc) is 3.10. The summed E-state index contributed by atoms with van der Waals surface area (Å²) in [7, 11) is 0. The van der Waals surface area contributed by atoms with Crippen LogP contribution in [0.4, 0.5) is 4.39 Å². The van der Waals surface area contributed by atoms with Gasteiger partial charge in [-0.1, -0.05) is 54.2 Å². The number of aryl methyl sites for hydroxylation is 1. The van der Waals surface area contributed by atoms with Crippen molar-refractivity contribution in [3.8, 4) is 11.4 Å². The van der Waals surface area contributed by atoms with Gasteiger partial charge in [0.25, 0.3) is 0 Å². The third-order valence-corrected chi connectivity index (χ3v) is 5.38. The summed E-state index contributed by atoms with van der Waals surface area (Å²) in [6, 6.07) is 16.6. The number of benzene rings is 2. The van der Waals surface area contributed by atoms with Gasteiger partial charge in [0.1, 0.15) is 5.82 Å². The summed E-state index contributed by atoms with van der Waals surface area (Å²) in [5.74, 6) is 0.0707. The first kappa shape index (κ1) is 20.1. The fourth-order valence-corrected chi connectivity index (χ4v) is 3.73. The molecular weight excluding hydrogens is 375 g/mol. The Morgan fingerprint density at radius 2 is 1.86 bits per heavy atom. The molecule has 0 saturated carbocycles. The second-order valence-electron chi connectivity index (χ2n) is 6.33. The van der Waals surface area contributed by atoms with Gasteiger partial charge in [-0.05, 0) is 38.0 Å². The first-order valence-electron chi connectivity index (χ1n) is 9.26. The Morgan fingerprint density at radius 1 is 1.14 bits per heavy atom. The molecule has 0 aliphatic heterocycles. The number of nitrogens with one attached hydrogen (secondary N) is 1. The van der Waals surface area contributed by atoms with Crippen molar-refractivity contribution < 1.29 is 9.18 Å². The van der Waals surface area contributed by atoms with E-state index in [2.05, 4.69) is 27.6 Å². The highest BCUT2D eigenvalue weighted by Gasteiger charge is 2.21. The lowest BCUT2D eigenvalue weighted by Gasteiger charge is -2.13.